The number of aromatic nitrogens is 1. The first-order valence-corrected chi connectivity index (χ1v) is 7.81. The van der Waals surface area contributed by atoms with E-state index < -0.39 is 10.0 Å². The Hall–Kier alpha value is -0.890. The van der Waals surface area contributed by atoms with Crippen LogP contribution < -0.4 is 4.72 Å². The van der Waals surface area contributed by atoms with E-state index in [4.69, 9.17) is 16.0 Å². The molecule has 0 amide bonds. The number of sulfonamides is 1. The molecule has 0 aliphatic heterocycles. The summed E-state index contributed by atoms with van der Waals surface area (Å²) >= 11 is 6.72. The minimum absolute atomic E-state index is 0.205. The number of rotatable bonds is 5. The molecule has 0 saturated carbocycles. The molecule has 2 heterocycles. The fraction of sp³-hybridized carbons (Fsp3) is 0.300. The van der Waals surface area contributed by atoms with Crippen molar-refractivity contribution >= 4 is 33.0 Å². The van der Waals surface area contributed by atoms with E-state index in [1.54, 1.807) is 19.2 Å². The third kappa shape index (κ3) is 3.32. The van der Waals surface area contributed by atoms with Crippen molar-refractivity contribution in [3.63, 3.8) is 0 Å². The maximum atomic E-state index is 11.8. The van der Waals surface area contributed by atoms with E-state index in [0.29, 0.717) is 22.4 Å². The Morgan fingerprint density at radius 2 is 2.28 bits per heavy atom. The summed E-state index contributed by atoms with van der Waals surface area (Å²) in [6.07, 6.45) is 2.01. The van der Waals surface area contributed by atoms with Crippen LogP contribution in [-0.2, 0) is 16.4 Å². The number of nitrogens with one attached hydrogen (secondary N) is 1. The SMILES string of the molecule is Cc1cnc(CCNS(=O)(=O)c2ccc(Cl)s2)o1. The Balaban J connectivity index is 1.93. The first kappa shape index (κ1) is 13.5. The molecule has 5 nitrogen and oxygen atoms in total. The molecule has 2 rings (SSSR count). The van der Waals surface area contributed by atoms with Gasteiger partial charge in [0.25, 0.3) is 0 Å². The van der Waals surface area contributed by atoms with Crippen molar-refractivity contribution in [2.75, 3.05) is 6.54 Å². The Bertz CT molecular complexity index is 633. The van der Waals surface area contributed by atoms with Crippen molar-refractivity contribution in [2.45, 2.75) is 17.6 Å². The smallest absolute Gasteiger partial charge is 0.250 e. The highest BCUT2D eigenvalue weighted by Crippen LogP contribution is 2.25. The fourth-order valence-corrected chi connectivity index (χ4v) is 3.88. The van der Waals surface area contributed by atoms with E-state index in [2.05, 4.69) is 9.71 Å². The molecule has 0 unspecified atom stereocenters. The molecule has 1 N–H and O–H groups in total. The lowest BCUT2D eigenvalue weighted by atomic mass is 10.4. The maximum Gasteiger partial charge on any atom is 0.250 e. The standard InChI is InChI=1S/C10H11ClN2O3S2/c1-7-6-12-9(16-7)4-5-13-18(14,15)10-3-2-8(11)17-10/h2-3,6,13H,4-5H2,1H3. The van der Waals surface area contributed by atoms with Crippen LogP contribution in [-0.4, -0.2) is 19.9 Å². The highest BCUT2D eigenvalue weighted by Gasteiger charge is 2.16. The summed E-state index contributed by atoms with van der Waals surface area (Å²) in [5.41, 5.74) is 0. The highest BCUT2D eigenvalue weighted by molar-refractivity contribution is 7.91. The summed E-state index contributed by atoms with van der Waals surface area (Å²) in [5, 5.41) is 0. The minimum Gasteiger partial charge on any atom is -0.446 e. The Kier molecular flexibility index (Phi) is 4.06. The van der Waals surface area contributed by atoms with Crippen LogP contribution in [0.4, 0.5) is 0 Å². The summed E-state index contributed by atoms with van der Waals surface area (Å²) in [4.78, 5) is 3.99. The average molecular weight is 307 g/mol. The molecule has 18 heavy (non-hydrogen) atoms. The van der Waals surface area contributed by atoms with Gasteiger partial charge in [-0.25, -0.2) is 18.1 Å². The number of hydrogen-bond acceptors (Lipinski definition) is 5. The summed E-state index contributed by atoms with van der Waals surface area (Å²) in [6, 6.07) is 3.03. The summed E-state index contributed by atoms with van der Waals surface area (Å²) in [5.74, 6) is 1.22. The molecule has 0 saturated heterocycles. The molecule has 0 atom stereocenters. The second kappa shape index (κ2) is 5.40. The Labute approximate surface area is 114 Å². The third-order valence-corrected chi connectivity index (χ3v) is 5.30. The monoisotopic (exact) mass is 306 g/mol. The van der Waals surface area contributed by atoms with E-state index in [1.165, 1.54) is 6.07 Å². The van der Waals surface area contributed by atoms with E-state index in [1.807, 2.05) is 0 Å². The molecular formula is C10H11ClN2O3S2. The van der Waals surface area contributed by atoms with Gasteiger partial charge in [0.1, 0.15) is 9.97 Å². The number of hydrogen-bond donors (Lipinski definition) is 1. The number of oxazole rings is 1. The molecule has 0 aliphatic carbocycles. The van der Waals surface area contributed by atoms with Gasteiger partial charge in [-0.05, 0) is 19.1 Å². The van der Waals surface area contributed by atoms with Crippen molar-refractivity contribution in [1.82, 2.24) is 9.71 Å². The van der Waals surface area contributed by atoms with Gasteiger partial charge in [-0.3, -0.25) is 0 Å². The van der Waals surface area contributed by atoms with Crippen LogP contribution >= 0.6 is 22.9 Å². The van der Waals surface area contributed by atoms with E-state index >= 15 is 0 Å². The third-order valence-electron chi connectivity index (χ3n) is 2.11. The van der Waals surface area contributed by atoms with Gasteiger partial charge < -0.3 is 4.42 Å². The van der Waals surface area contributed by atoms with Crippen molar-refractivity contribution in [1.29, 1.82) is 0 Å². The number of halogens is 1. The lowest BCUT2D eigenvalue weighted by molar-refractivity contribution is 0.469. The second-order valence-corrected chi connectivity index (χ2v) is 7.28. The highest BCUT2D eigenvalue weighted by atomic mass is 35.5. The molecule has 0 spiro atoms. The first-order valence-electron chi connectivity index (χ1n) is 5.14. The van der Waals surface area contributed by atoms with Gasteiger partial charge in [0.15, 0.2) is 5.89 Å². The molecule has 0 radical (unpaired) electrons. The van der Waals surface area contributed by atoms with Crippen LogP contribution in [0.2, 0.25) is 4.34 Å². The van der Waals surface area contributed by atoms with Crippen LogP contribution in [0.5, 0.6) is 0 Å². The zero-order valence-electron chi connectivity index (χ0n) is 9.51. The van der Waals surface area contributed by atoms with Gasteiger partial charge in [0, 0.05) is 13.0 Å². The van der Waals surface area contributed by atoms with Gasteiger partial charge in [0.05, 0.1) is 10.5 Å². The predicted octanol–water partition coefficient (Wildman–Crippen LogP) is 2.22. The normalized spacial score (nSPS) is 11.9. The zero-order chi connectivity index (χ0) is 13.2. The van der Waals surface area contributed by atoms with Crippen molar-refractivity contribution in [2.24, 2.45) is 0 Å². The second-order valence-electron chi connectivity index (χ2n) is 3.57. The van der Waals surface area contributed by atoms with Crippen LogP contribution in [0, 0.1) is 6.92 Å². The molecule has 0 aliphatic rings. The van der Waals surface area contributed by atoms with Gasteiger partial charge in [-0.15, -0.1) is 11.3 Å². The predicted molar refractivity (Wildman–Crippen MR) is 69.5 cm³/mol. The molecule has 2 aromatic rings. The van der Waals surface area contributed by atoms with Gasteiger partial charge in [-0.2, -0.15) is 0 Å². The Morgan fingerprint density at radius 1 is 1.50 bits per heavy atom. The number of nitrogens with zero attached hydrogens (tertiary/aromatic N) is 1. The van der Waals surface area contributed by atoms with E-state index in [9.17, 15) is 8.42 Å². The van der Waals surface area contributed by atoms with Gasteiger partial charge in [-0.1, -0.05) is 11.6 Å². The maximum absolute atomic E-state index is 11.8. The van der Waals surface area contributed by atoms with Crippen LogP contribution in [0.25, 0.3) is 0 Å². The van der Waals surface area contributed by atoms with Crippen LogP contribution in [0.1, 0.15) is 11.7 Å². The molecular weight excluding hydrogens is 296 g/mol. The average Bonchev–Trinajstić information content (AvgIpc) is 2.88. The van der Waals surface area contributed by atoms with E-state index in [0.717, 1.165) is 11.3 Å². The fourth-order valence-electron chi connectivity index (χ4n) is 1.32. The van der Waals surface area contributed by atoms with Crippen molar-refractivity contribution < 1.29 is 12.8 Å². The largest absolute Gasteiger partial charge is 0.446 e. The first-order chi connectivity index (χ1) is 8.47. The van der Waals surface area contributed by atoms with E-state index in [-0.39, 0.29) is 10.8 Å². The van der Waals surface area contributed by atoms with Crippen LogP contribution in [0.15, 0.2) is 27.0 Å². The summed E-state index contributed by atoms with van der Waals surface area (Å²) in [6.45, 7) is 2.02. The zero-order valence-corrected chi connectivity index (χ0v) is 11.9. The molecule has 0 fully saturated rings. The lowest BCUT2D eigenvalue weighted by Gasteiger charge is -2.02. The quantitative estimate of drug-likeness (QED) is 0.919. The summed E-state index contributed by atoms with van der Waals surface area (Å²) in [7, 11) is -3.49. The van der Waals surface area contributed by atoms with Crippen molar-refractivity contribution in [3.8, 4) is 0 Å². The minimum atomic E-state index is -3.49. The molecule has 8 heteroatoms. The topological polar surface area (TPSA) is 72.2 Å². The molecule has 0 bridgehead atoms. The summed E-state index contributed by atoms with van der Waals surface area (Å²) < 4.78 is 32.0. The van der Waals surface area contributed by atoms with Crippen LogP contribution in [0.3, 0.4) is 0 Å². The number of thiophene rings is 1. The number of aryl methyl sites for hydroxylation is 1. The molecule has 98 valence electrons. The van der Waals surface area contributed by atoms with Gasteiger partial charge in [0.2, 0.25) is 10.0 Å². The Morgan fingerprint density at radius 3 is 2.83 bits per heavy atom. The molecule has 0 aromatic carbocycles. The molecule has 2 aromatic heterocycles. The van der Waals surface area contributed by atoms with Gasteiger partial charge >= 0.3 is 0 Å². The van der Waals surface area contributed by atoms with Crippen molar-refractivity contribution in [3.05, 3.63) is 34.3 Å². The lowest BCUT2D eigenvalue weighted by Crippen LogP contribution is -2.25.